The number of likely N-dealkylation sites (tertiary alicyclic amines) is 1. The Bertz CT molecular complexity index is 473. The second kappa shape index (κ2) is 7.18. The molecule has 1 saturated heterocycles. The summed E-state index contributed by atoms with van der Waals surface area (Å²) in [6, 6.07) is 4.99. The summed E-state index contributed by atoms with van der Waals surface area (Å²) < 4.78 is 19.6. The summed E-state index contributed by atoms with van der Waals surface area (Å²) in [5, 5.41) is 0. The highest BCUT2D eigenvalue weighted by atomic mass is 79.9. The van der Waals surface area contributed by atoms with Crippen LogP contribution in [0.25, 0.3) is 0 Å². The van der Waals surface area contributed by atoms with Crippen molar-refractivity contribution in [1.82, 2.24) is 4.90 Å². The minimum Gasteiger partial charge on any atom is -0.466 e. The number of hydrogen-bond donors (Lipinski definition) is 0. The van der Waals surface area contributed by atoms with Crippen LogP contribution in [0.4, 0.5) is 4.39 Å². The van der Waals surface area contributed by atoms with Crippen molar-refractivity contribution in [3.05, 3.63) is 34.1 Å². The highest BCUT2D eigenvalue weighted by molar-refractivity contribution is 9.10. The quantitative estimate of drug-likeness (QED) is 0.785. The molecule has 1 heterocycles. The van der Waals surface area contributed by atoms with Crippen molar-refractivity contribution in [1.29, 1.82) is 0 Å². The first-order valence-corrected chi connectivity index (χ1v) is 7.72. The lowest BCUT2D eigenvalue weighted by molar-refractivity contribution is -0.149. The molecule has 3 nitrogen and oxygen atoms in total. The molecule has 1 aliphatic heterocycles. The first-order valence-electron chi connectivity index (χ1n) is 6.93. The molecule has 0 radical (unpaired) electrons. The molecule has 1 aliphatic rings. The van der Waals surface area contributed by atoms with Crippen molar-refractivity contribution in [3.63, 3.8) is 0 Å². The van der Waals surface area contributed by atoms with Gasteiger partial charge in [-0.05, 0) is 51.1 Å². The Balaban J connectivity index is 1.88. The maximum atomic E-state index is 13.7. The van der Waals surface area contributed by atoms with Crippen LogP contribution in [0.2, 0.25) is 0 Å². The second-order valence-corrected chi connectivity index (χ2v) is 5.95. The third-order valence-corrected chi connectivity index (χ3v) is 4.10. The molecule has 2 rings (SSSR count). The van der Waals surface area contributed by atoms with Gasteiger partial charge in [0.1, 0.15) is 5.82 Å². The molecule has 0 bridgehead atoms. The van der Waals surface area contributed by atoms with Gasteiger partial charge in [-0.3, -0.25) is 9.69 Å². The Labute approximate surface area is 127 Å². The van der Waals surface area contributed by atoms with Gasteiger partial charge in [-0.15, -0.1) is 0 Å². The van der Waals surface area contributed by atoms with Crippen LogP contribution in [0.3, 0.4) is 0 Å². The topological polar surface area (TPSA) is 29.5 Å². The Morgan fingerprint density at radius 3 is 2.80 bits per heavy atom. The van der Waals surface area contributed by atoms with Crippen molar-refractivity contribution in [2.45, 2.75) is 26.3 Å². The molecule has 1 aromatic carbocycles. The van der Waals surface area contributed by atoms with Crippen LogP contribution in [-0.2, 0) is 16.1 Å². The fourth-order valence-corrected chi connectivity index (χ4v) is 2.90. The van der Waals surface area contributed by atoms with Gasteiger partial charge < -0.3 is 4.74 Å². The first-order chi connectivity index (χ1) is 9.60. The van der Waals surface area contributed by atoms with Crippen molar-refractivity contribution in [3.8, 4) is 0 Å². The number of halogens is 2. The van der Waals surface area contributed by atoms with E-state index >= 15 is 0 Å². The van der Waals surface area contributed by atoms with Crippen LogP contribution in [0.1, 0.15) is 25.3 Å². The van der Waals surface area contributed by atoms with Gasteiger partial charge in [0.2, 0.25) is 0 Å². The molecule has 0 saturated carbocycles. The molecule has 0 spiro atoms. The lowest BCUT2D eigenvalue weighted by atomic mass is 9.96. The molecule has 1 fully saturated rings. The standard InChI is InChI=1S/C15H19BrFNO2/c1-2-20-15(19)11-5-7-18(8-6-11)10-12-9-13(16)3-4-14(12)17/h3-4,9,11H,2,5-8,10H2,1H3. The molecule has 0 atom stereocenters. The van der Waals surface area contributed by atoms with Gasteiger partial charge in [0.25, 0.3) is 0 Å². The highest BCUT2D eigenvalue weighted by Crippen LogP contribution is 2.22. The number of piperidine rings is 1. The molecule has 20 heavy (non-hydrogen) atoms. The summed E-state index contributed by atoms with van der Waals surface area (Å²) in [4.78, 5) is 13.8. The van der Waals surface area contributed by atoms with Gasteiger partial charge in [0, 0.05) is 16.6 Å². The summed E-state index contributed by atoms with van der Waals surface area (Å²) >= 11 is 3.36. The van der Waals surface area contributed by atoms with E-state index in [0.717, 1.165) is 30.4 Å². The van der Waals surface area contributed by atoms with E-state index in [2.05, 4.69) is 20.8 Å². The zero-order chi connectivity index (χ0) is 14.5. The molecule has 0 aliphatic carbocycles. The maximum absolute atomic E-state index is 13.7. The molecule has 1 aromatic rings. The zero-order valence-electron chi connectivity index (χ0n) is 11.6. The molecule has 5 heteroatoms. The summed E-state index contributed by atoms with van der Waals surface area (Å²) in [6.45, 7) is 4.44. The molecule has 110 valence electrons. The van der Waals surface area contributed by atoms with E-state index in [1.54, 1.807) is 6.07 Å². The third kappa shape index (κ3) is 4.03. The van der Waals surface area contributed by atoms with E-state index < -0.39 is 0 Å². The first kappa shape index (κ1) is 15.4. The van der Waals surface area contributed by atoms with Gasteiger partial charge in [0.05, 0.1) is 12.5 Å². The van der Waals surface area contributed by atoms with Crippen LogP contribution < -0.4 is 0 Å². The summed E-state index contributed by atoms with van der Waals surface area (Å²) in [5.41, 5.74) is 0.689. The van der Waals surface area contributed by atoms with Gasteiger partial charge in [-0.1, -0.05) is 15.9 Å². The van der Waals surface area contributed by atoms with Crippen molar-refractivity contribution in [2.24, 2.45) is 5.92 Å². The van der Waals surface area contributed by atoms with Crippen LogP contribution in [0, 0.1) is 11.7 Å². The second-order valence-electron chi connectivity index (χ2n) is 5.04. The third-order valence-electron chi connectivity index (χ3n) is 3.61. The summed E-state index contributed by atoms with van der Waals surface area (Å²) in [7, 11) is 0. The fourth-order valence-electron chi connectivity index (χ4n) is 2.49. The summed E-state index contributed by atoms with van der Waals surface area (Å²) in [6.07, 6.45) is 1.57. The lowest BCUT2D eigenvalue weighted by Gasteiger charge is -2.30. The number of nitrogens with zero attached hydrogens (tertiary/aromatic N) is 1. The number of carbonyl (C=O) groups excluding carboxylic acids is 1. The Morgan fingerprint density at radius 2 is 2.15 bits per heavy atom. The van der Waals surface area contributed by atoms with E-state index in [9.17, 15) is 9.18 Å². The lowest BCUT2D eigenvalue weighted by Crippen LogP contribution is -2.36. The molecular formula is C15H19BrFNO2. The van der Waals surface area contributed by atoms with Crippen LogP contribution >= 0.6 is 15.9 Å². The Hall–Kier alpha value is -0.940. The van der Waals surface area contributed by atoms with Crippen molar-refractivity contribution >= 4 is 21.9 Å². The largest absolute Gasteiger partial charge is 0.466 e. The monoisotopic (exact) mass is 343 g/mol. The van der Waals surface area contributed by atoms with E-state index in [1.807, 2.05) is 13.0 Å². The zero-order valence-corrected chi connectivity index (χ0v) is 13.2. The minimum absolute atomic E-state index is 0.00134. The van der Waals surface area contributed by atoms with E-state index in [0.29, 0.717) is 18.7 Å². The van der Waals surface area contributed by atoms with Crippen molar-refractivity contribution in [2.75, 3.05) is 19.7 Å². The number of carbonyl (C=O) groups is 1. The minimum atomic E-state index is -0.180. The van der Waals surface area contributed by atoms with Gasteiger partial charge in [-0.25, -0.2) is 4.39 Å². The number of hydrogen-bond acceptors (Lipinski definition) is 3. The van der Waals surface area contributed by atoms with E-state index in [-0.39, 0.29) is 17.7 Å². The number of esters is 1. The normalized spacial score (nSPS) is 17.1. The highest BCUT2D eigenvalue weighted by Gasteiger charge is 2.26. The van der Waals surface area contributed by atoms with Crippen LogP contribution in [-0.4, -0.2) is 30.6 Å². The average Bonchev–Trinajstić information content (AvgIpc) is 2.44. The molecule has 0 N–H and O–H groups in total. The predicted octanol–water partition coefficient (Wildman–Crippen LogP) is 3.36. The average molecular weight is 344 g/mol. The smallest absolute Gasteiger partial charge is 0.309 e. The Kier molecular flexibility index (Phi) is 5.54. The number of ether oxygens (including phenoxy) is 1. The molecular weight excluding hydrogens is 325 g/mol. The van der Waals surface area contributed by atoms with Gasteiger partial charge >= 0.3 is 5.97 Å². The van der Waals surface area contributed by atoms with E-state index in [4.69, 9.17) is 4.74 Å². The number of benzene rings is 1. The number of rotatable bonds is 4. The van der Waals surface area contributed by atoms with Crippen LogP contribution in [0.5, 0.6) is 0 Å². The molecule has 0 amide bonds. The molecule has 0 unspecified atom stereocenters. The molecule has 0 aromatic heterocycles. The van der Waals surface area contributed by atoms with Gasteiger partial charge in [-0.2, -0.15) is 0 Å². The fraction of sp³-hybridized carbons (Fsp3) is 0.533. The predicted molar refractivity (Wildman–Crippen MR) is 78.7 cm³/mol. The van der Waals surface area contributed by atoms with Gasteiger partial charge in [0.15, 0.2) is 0 Å². The summed E-state index contributed by atoms with van der Waals surface area (Å²) in [5.74, 6) is -0.278. The SMILES string of the molecule is CCOC(=O)C1CCN(Cc2cc(Br)ccc2F)CC1. The van der Waals surface area contributed by atoms with Crippen LogP contribution in [0.15, 0.2) is 22.7 Å². The Morgan fingerprint density at radius 1 is 1.45 bits per heavy atom. The van der Waals surface area contributed by atoms with E-state index in [1.165, 1.54) is 6.07 Å². The van der Waals surface area contributed by atoms with Crippen molar-refractivity contribution < 1.29 is 13.9 Å². The maximum Gasteiger partial charge on any atom is 0.309 e.